The van der Waals surface area contributed by atoms with Crippen molar-refractivity contribution in [1.82, 2.24) is 19.7 Å². The Morgan fingerprint density at radius 1 is 1.19 bits per heavy atom. The number of hydrogen-bond acceptors (Lipinski definition) is 5. The van der Waals surface area contributed by atoms with Crippen molar-refractivity contribution in [3.05, 3.63) is 55.0 Å². The van der Waals surface area contributed by atoms with Crippen molar-refractivity contribution in [3.8, 4) is 17.3 Å². The summed E-state index contributed by atoms with van der Waals surface area (Å²) in [6.45, 7) is 0. The number of nitrogens with one attached hydrogen (secondary N) is 1. The number of rotatable bonds is 6. The van der Waals surface area contributed by atoms with Gasteiger partial charge in [-0.3, -0.25) is 4.68 Å². The molecule has 0 saturated heterocycles. The van der Waals surface area contributed by atoms with Gasteiger partial charge in [-0.05, 0) is 37.0 Å². The molecule has 0 radical (unpaired) electrons. The van der Waals surface area contributed by atoms with E-state index in [2.05, 4.69) is 26.5 Å². The summed E-state index contributed by atoms with van der Waals surface area (Å²) in [7, 11) is 0. The van der Waals surface area contributed by atoms with Crippen molar-refractivity contribution in [2.45, 2.75) is 38.1 Å². The van der Waals surface area contributed by atoms with Crippen molar-refractivity contribution in [2.24, 2.45) is 5.92 Å². The van der Waals surface area contributed by atoms with Gasteiger partial charge >= 0.3 is 0 Å². The third kappa shape index (κ3) is 3.98. The summed E-state index contributed by atoms with van der Waals surface area (Å²) in [4.78, 5) is 8.92. The van der Waals surface area contributed by atoms with Gasteiger partial charge in [-0.1, -0.05) is 31.0 Å². The first kappa shape index (κ1) is 17.2. The fourth-order valence-corrected chi connectivity index (χ4v) is 3.79. The molecule has 1 saturated carbocycles. The molecule has 136 valence electrons. The zero-order valence-electron chi connectivity index (χ0n) is 15.1. The van der Waals surface area contributed by atoms with Crippen LogP contribution in [0.3, 0.4) is 0 Å². The van der Waals surface area contributed by atoms with Crippen LogP contribution in [-0.2, 0) is 0 Å². The third-order valence-electron chi connectivity index (χ3n) is 5.17. The fourth-order valence-electron chi connectivity index (χ4n) is 3.79. The Labute approximate surface area is 158 Å². The van der Waals surface area contributed by atoms with Crippen molar-refractivity contribution < 1.29 is 0 Å². The van der Waals surface area contributed by atoms with E-state index in [4.69, 9.17) is 0 Å². The van der Waals surface area contributed by atoms with Crippen LogP contribution in [0.4, 0.5) is 11.6 Å². The predicted molar refractivity (Wildman–Crippen MR) is 104 cm³/mol. The standard InChI is InChI=1S/C21H22N6/c22-12-10-20(16-6-4-5-7-16)27-15-17(14-24-27)19-11-13-23-21(26-19)25-18-8-2-1-3-9-18/h1-3,8-9,11,13-16,20H,4-7,10H2,(H,23,25,26). The minimum atomic E-state index is 0.148. The summed E-state index contributed by atoms with van der Waals surface area (Å²) in [6.07, 6.45) is 10.9. The van der Waals surface area contributed by atoms with Gasteiger partial charge in [-0.25, -0.2) is 9.97 Å². The largest absolute Gasteiger partial charge is 0.324 e. The number of hydrogen-bond donors (Lipinski definition) is 1. The first-order valence-corrected chi connectivity index (χ1v) is 9.40. The van der Waals surface area contributed by atoms with Gasteiger partial charge in [0.15, 0.2) is 0 Å². The van der Waals surface area contributed by atoms with Crippen LogP contribution in [0, 0.1) is 17.2 Å². The number of para-hydroxylation sites is 1. The van der Waals surface area contributed by atoms with Crippen molar-refractivity contribution in [2.75, 3.05) is 5.32 Å². The molecular formula is C21H22N6. The van der Waals surface area contributed by atoms with Gasteiger partial charge < -0.3 is 5.32 Å². The van der Waals surface area contributed by atoms with Gasteiger partial charge in [-0.2, -0.15) is 10.4 Å². The second kappa shape index (κ2) is 8.00. The first-order chi connectivity index (χ1) is 13.3. The van der Waals surface area contributed by atoms with Gasteiger partial charge in [0.25, 0.3) is 0 Å². The van der Waals surface area contributed by atoms with E-state index in [0.29, 0.717) is 18.3 Å². The zero-order valence-corrected chi connectivity index (χ0v) is 15.1. The molecule has 0 bridgehead atoms. The lowest BCUT2D eigenvalue weighted by Gasteiger charge is -2.21. The second-order valence-electron chi connectivity index (χ2n) is 6.94. The number of nitriles is 1. The SMILES string of the molecule is N#CCC(C1CCCC1)n1cc(-c2ccnc(Nc3ccccc3)n2)cn1. The highest BCUT2D eigenvalue weighted by atomic mass is 15.3. The van der Waals surface area contributed by atoms with Crippen LogP contribution in [-0.4, -0.2) is 19.7 Å². The molecule has 1 unspecified atom stereocenters. The Kier molecular flexibility index (Phi) is 5.10. The first-order valence-electron chi connectivity index (χ1n) is 9.40. The molecule has 1 N–H and O–H groups in total. The Balaban J connectivity index is 1.55. The molecular weight excluding hydrogens is 336 g/mol. The third-order valence-corrected chi connectivity index (χ3v) is 5.17. The van der Waals surface area contributed by atoms with E-state index in [0.717, 1.165) is 16.9 Å². The van der Waals surface area contributed by atoms with E-state index in [9.17, 15) is 5.26 Å². The van der Waals surface area contributed by atoms with Crippen LogP contribution in [0.5, 0.6) is 0 Å². The molecule has 1 aliphatic rings. The van der Waals surface area contributed by atoms with Gasteiger partial charge in [0.1, 0.15) is 0 Å². The van der Waals surface area contributed by atoms with Crippen LogP contribution in [0.15, 0.2) is 55.0 Å². The average Bonchev–Trinajstić information content (AvgIpc) is 3.40. The molecule has 3 aromatic rings. The topological polar surface area (TPSA) is 79.4 Å². The van der Waals surface area contributed by atoms with E-state index in [1.54, 1.807) is 6.20 Å². The molecule has 1 aliphatic carbocycles. The Hall–Kier alpha value is -3.20. The van der Waals surface area contributed by atoms with Crippen LogP contribution < -0.4 is 5.32 Å². The monoisotopic (exact) mass is 358 g/mol. The van der Waals surface area contributed by atoms with Crippen molar-refractivity contribution >= 4 is 11.6 Å². The molecule has 2 aromatic heterocycles. The summed E-state index contributed by atoms with van der Waals surface area (Å²) in [5.74, 6) is 1.09. The van der Waals surface area contributed by atoms with Gasteiger partial charge in [0.2, 0.25) is 5.95 Å². The lowest BCUT2D eigenvalue weighted by Crippen LogP contribution is -2.17. The normalized spacial score (nSPS) is 15.4. The minimum absolute atomic E-state index is 0.148. The molecule has 1 aromatic carbocycles. The molecule has 0 spiro atoms. The quantitative estimate of drug-likeness (QED) is 0.689. The zero-order chi connectivity index (χ0) is 18.5. The Morgan fingerprint density at radius 2 is 2.00 bits per heavy atom. The lowest BCUT2D eigenvalue weighted by atomic mass is 9.96. The number of anilines is 2. The molecule has 27 heavy (non-hydrogen) atoms. The highest BCUT2D eigenvalue weighted by Gasteiger charge is 2.27. The molecule has 0 amide bonds. The summed E-state index contributed by atoms with van der Waals surface area (Å²) in [5.41, 5.74) is 2.70. The molecule has 0 aliphatic heterocycles. The van der Waals surface area contributed by atoms with E-state index in [-0.39, 0.29) is 6.04 Å². The predicted octanol–water partition coefficient (Wildman–Crippen LogP) is 4.73. The highest BCUT2D eigenvalue weighted by Crippen LogP contribution is 2.36. The second-order valence-corrected chi connectivity index (χ2v) is 6.94. The maximum atomic E-state index is 9.24. The fraction of sp³-hybridized carbons (Fsp3) is 0.333. The lowest BCUT2D eigenvalue weighted by molar-refractivity contribution is 0.315. The average molecular weight is 358 g/mol. The van der Waals surface area contributed by atoms with Crippen molar-refractivity contribution in [3.63, 3.8) is 0 Å². The summed E-state index contributed by atoms with van der Waals surface area (Å²) in [6, 6.07) is 14.2. The van der Waals surface area contributed by atoms with Gasteiger partial charge in [0.05, 0.1) is 30.4 Å². The van der Waals surface area contributed by atoms with Gasteiger partial charge in [-0.15, -0.1) is 0 Å². The maximum Gasteiger partial charge on any atom is 0.227 e. The molecule has 1 fully saturated rings. The molecule has 4 rings (SSSR count). The van der Waals surface area contributed by atoms with E-state index in [1.807, 2.05) is 53.5 Å². The van der Waals surface area contributed by atoms with Gasteiger partial charge in [0, 0.05) is 23.6 Å². The number of aromatic nitrogens is 4. The van der Waals surface area contributed by atoms with E-state index < -0.39 is 0 Å². The van der Waals surface area contributed by atoms with Crippen LogP contribution in [0.25, 0.3) is 11.3 Å². The van der Waals surface area contributed by atoms with Crippen LogP contribution in [0.2, 0.25) is 0 Å². The molecule has 2 heterocycles. The Bertz CT molecular complexity index is 921. The minimum Gasteiger partial charge on any atom is -0.324 e. The van der Waals surface area contributed by atoms with Crippen LogP contribution in [0.1, 0.15) is 38.1 Å². The summed E-state index contributed by atoms with van der Waals surface area (Å²) < 4.78 is 1.96. The number of benzene rings is 1. The summed E-state index contributed by atoms with van der Waals surface area (Å²) in [5, 5.41) is 17.0. The van der Waals surface area contributed by atoms with Crippen molar-refractivity contribution in [1.29, 1.82) is 5.26 Å². The molecule has 6 heteroatoms. The Morgan fingerprint density at radius 3 is 2.78 bits per heavy atom. The summed E-state index contributed by atoms with van der Waals surface area (Å²) >= 11 is 0. The number of nitrogens with zero attached hydrogens (tertiary/aromatic N) is 5. The van der Waals surface area contributed by atoms with E-state index >= 15 is 0 Å². The smallest absolute Gasteiger partial charge is 0.227 e. The molecule has 6 nitrogen and oxygen atoms in total. The maximum absolute atomic E-state index is 9.24. The van der Waals surface area contributed by atoms with Crippen LogP contribution >= 0.6 is 0 Å². The highest BCUT2D eigenvalue weighted by molar-refractivity contribution is 5.60. The van der Waals surface area contributed by atoms with E-state index in [1.165, 1.54) is 25.7 Å². The molecule has 1 atom stereocenters.